The predicted octanol–water partition coefficient (Wildman–Crippen LogP) is 1.67. The fourth-order valence-electron chi connectivity index (χ4n) is 2.80. The van der Waals surface area contributed by atoms with E-state index < -0.39 is 17.8 Å². The number of carboxylic acids is 1. The summed E-state index contributed by atoms with van der Waals surface area (Å²) in [4.78, 5) is 36.4. The van der Waals surface area contributed by atoms with Crippen LogP contribution in [0.2, 0.25) is 0 Å². The molecule has 1 saturated heterocycles. The summed E-state index contributed by atoms with van der Waals surface area (Å²) in [6.45, 7) is 4.41. The molecule has 1 aromatic rings. The lowest BCUT2D eigenvalue weighted by Crippen LogP contribution is -2.47. The van der Waals surface area contributed by atoms with E-state index in [-0.39, 0.29) is 18.5 Å². The number of carboxylic acid groups (broad SMARTS) is 1. The highest BCUT2D eigenvalue weighted by atomic mass is 16.4. The third kappa shape index (κ3) is 4.00. The van der Waals surface area contributed by atoms with E-state index in [1.165, 1.54) is 11.0 Å². The van der Waals surface area contributed by atoms with Gasteiger partial charge >= 0.3 is 12.0 Å². The van der Waals surface area contributed by atoms with E-state index in [0.717, 1.165) is 5.56 Å². The van der Waals surface area contributed by atoms with Crippen molar-refractivity contribution in [2.45, 2.75) is 20.3 Å². The number of nitrogens with zero attached hydrogens (tertiary/aromatic N) is 1. The molecule has 0 aliphatic carbocycles. The van der Waals surface area contributed by atoms with Crippen molar-refractivity contribution in [3.05, 3.63) is 29.3 Å². The number of aryl methyl sites for hydroxylation is 1. The van der Waals surface area contributed by atoms with Gasteiger partial charge in [-0.1, -0.05) is 13.0 Å². The number of piperidine rings is 1. The predicted molar refractivity (Wildman–Crippen MR) is 85.2 cm³/mol. The van der Waals surface area contributed by atoms with Crippen molar-refractivity contribution in [3.8, 4) is 0 Å². The van der Waals surface area contributed by atoms with Crippen molar-refractivity contribution in [2.24, 2.45) is 17.6 Å². The molecule has 2 unspecified atom stereocenters. The van der Waals surface area contributed by atoms with Crippen molar-refractivity contribution in [1.82, 2.24) is 4.90 Å². The Bertz CT molecular complexity index is 644. The molecule has 23 heavy (non-hydrogen) atoms. The molecule has 7 nitrogen and oxygen atoms in total. The molecule has 2 atom stereocenters. The van der Waals surface area contributed by atoms with Crippen LogP contribution in [0.15, 0.2) is 18.2 Å². The summed E-state index contributed by atoms with van der Waals surface area (Å²) in [5.41, 5.74) is 6.85. The molecule has 1 aliphatic rings. The fraction of sp³-hybridized carbons (Fsp3) is 0.438. The number of urea groups is 1. The molecule has 1 fully saturated rings. The number of likely N-dealkylation sites (tertiary alicyclic amines) is 1. The Kier molecular flexibility index (Phi) is 4.88. The molecule has 4 N–H and O–H groups in total. The molecule has 0 saturated carbocycles. The number of carbonyl (C=O) groups is 3. The van der Waals surface area contributed by atoms with Crippen LogP contribution in [0.4, 0.5) is 10.5 Å². The van der Waals surface area contributed by atoms with Crippen LogP contribution in [-0.4, -0.2) is 41.0 Å². The zero-order valence-electron chi connectivity index (χ0n) is 13.2. The largest absolute Gasteiger partial charge is 0.481 e. The second-order valence-electron chi connectivity index (χ2n) is 6.11. The third-order valence-electron chi connectivity index (χ3n) is 4.06. The fourth-order valence-corrected chi connectivity index (χ4v) is 2.80. The number of hydrogen-bond acceptors (Lipinski definition) is 3. The van der Waals surface area contributed by atoms with Gasteiger partial charge in [-0.3, -0.25) is 9.59 Å². The topological polar surface area (TPSA) is 113 Å². The van der Waals surface area contributed by atoms with Gasteiger partial charge in [-0.15, -0.1) is 0 Å². The first-order valence-corrected chi connectivity index (χ1v) is 7.47. The smallest absolute Gasteiger partial charge is 0.321 e. The Hall–Kier alpha value is -2.57. The number of benzene rings is 1. The number of anilines is 1. The molecular weight excluding hydrogens is 298 g/mol. The van der Waals surface area contributed by atoms with E-state index in [1.54, 1.807) is 19.1 Å². The maximum absolute atomic E-state index is 12.4. The van der Waals surface area contributed by atoms with Gasteiger partial charge in [0.1, 0.15) is 0 Å². The van der Waals surface area contributed by atoms with Crippen molar-refractivity contribution in [2.75, 3.05) is 18.4 Å². The van der Waals surface area contributed by atoms with E-state index in [1.807, 2.05) is 6.92 Å². The normalized spacial score (nSPS) is 20.9. The van der Waals surface area contributed by atoms with Gasteiger partial charge in [0.25, 0.3) is 0 Å². The molecule has 0 bridgehead atoms. The first-order valence-electron chi connectivity index (χ1n) is 7.47. The van der Waals surface area contributed by atoms with Gasteiger partial charge in [0.05, 0.1) is 5.92 Å². The van der Waals surface area contributed by atoms with Gasteiger partial charge in [-0.2, -0.15) is 0 Å². The van der Waals surface area contributed by atoms with Crippen molar-refractivity contribution >= 4 is 23.6 Å². The number of nitrogens with one attached hydrogen (secondary N) is 1. The lowest BCUT2D eigenvalue weighted by molar-refractivity contribution is -0.143. The molecule has 3 amide bonds. The summed E-state index contributed by atoms with van der Waals surface area (Å²) in [6.07, 6.45) is 0.565. The van der Waals surface area contributed by atoms with Crippen molar-refractivity contribution in [3.63, 3.8) is 0 Å². The number of aliphatic carboxylic acids is 1. The molecule has 0 aromatic heterocycles. The highest BCUT2D eigenvalue weighted by Gasteiger charge is 2.32. The number of nitrogens with two attached hydrogens (primary N) is 1. The number of amides is 3. The van der Waals surface area contributed by atoms with Crippen LogP contribution in [0.5, 0.6) is 0 Å². The minimum atomic E-state index is -0.888. The molecule has 124 valence electrons. The van der Waals surface area contributed by atoms with Crippen LogP contribution >= 0.6 is 0 Å². The average Bonchev–Trinajstić information content (AvgIpc) is 2.48. The minimum Gasteiger partial charge on any atom is -0.481 e. The number of primary amides is 1. The summed E-state index contributed by atoms with van der Waals surface area (Å²) in [6, 6.07) is 4.45. The van der Waals surface area contributed by atoms with Gasteiger partial charge in [0.2, 0.25) is 5.91 Å². The molecule has 2 rings (SSSR count). The lowest BCUT2D eigenvalue weighted by Gasteiger charge is -2.34. The van der Waals surface area contributed by atoms with Gasteiger partial charge in [0, 0.05) is 24.3 Å². The maximum atomic E-state index is 12.4. The van der Waals surface area contributed by atoms with Crippen LogP contribution in [0, 0.1) is 18.8 Å². The zero-order chi connectivity index (χ0) is 17.1. The number of hydrogen-bond donors (Lipinski definition) is 3. The Labute approximate surface area is 134 Å². The SMILES string of the molecule is Cc1ccc(C(N)=O)cc1NC(=O)N1CC(C)CC(C(=O)O)C1. The minimum absolute atomic E-state index is 0.119. The van der Waals surface area contributed by atoms with Gasteiger partial charge < -0.3 is 21.1 Å². The second-order valence-corrected chi connectivity index (χ2v) is 6.11. The summed E-state index contributed by atoms with van der Waals surface area (Å²) in [7, 11) is 0. The van der Waals surface area contributed by atoms with E-state index >= 15 is 0 Å². The second kappa shape index (κ2) is 6.68. The number of carbonyl (C=O) groups excluding carboxylic acids is 2. The Morgan fingerprint density at radius 3 is 2.61 bits per heavy atom. The Morgan fingerprint density at radius 2 is 2.00 bits per heavy atom. The van der Waals surface area contributed by atoms with E-state index in [4.69, 9.17) is 5.73 Å². The van der Waals surface area contributed by atoms with Gasteiger partial charge in [-0.05, 0) is 37.0 Å². The standard InChI is InChI=1S/C16H21N3O4/c1-9-5-12(15(21)22)8-19(7-9)16(23)18-13-6-11(14(17)20)4-3-10(13)2/h3-4,6,9,12H,5,7-8H2,1-2H3,(H2,17,20)(H,18,23)(H,21,22). The van der Waals surface area contributed by atoms with Crippen LogP contribution < -0.4 is 11.1 Å². The maximum Gasteiger partial charge on any atom is 0.321 e. The Balaban J connectivity index is 2.13. The summed E-state index contributed by atoms with van der Waals surface area (Å²) in [5, 5.41) is 11.9. The van der Waals surface area contributed by atoms with Crippen molar-refractivity contribution in [1.29, 1.82) is 0 Å². The van der Waals surface area contributed by atoms with Crippen LogP contribution in [0.25, 0.3) is 0 Å². The summed E-state index contributed by atoms with van der Waals surface area (Å²) in [5.74, 6) is -1.89. The number of rotatable bonds is 3. The van der Waals surface area contributed by atoms with Crippen LogP contribution in [0.3, 0.4) is 0 Å². The van der Waals surface area contributed by atoms with Crippen LogP contribution in [0.1, 0.15) is 29.3 Å². The van der Waals surface area contributed by atoms with Crippen molar-refractivity contribution < 1.29 is 19.5 Å². The zero-order valence-corrected chi connectivity index (χ0v) is 13.2. The van der Waals surface area contributed by atoms with E-state index in [2.05, 4.69) is 5.32 Å². The molecule has 1 aliphatic heterocycles. The monoisotopic (exact) mass is 319 g/mol. The van der Waals surface area contributed by atoms with Gasteiger partial charge in [0.15, 0.2) is 0 Å². The molecule has 7 heteroatoms. The molecule has 1 aromatic carbocycles. The average molecular weight is 319 g/mol. The highest BCUT2D eigenvalue weighted by Crippen LogP contribution is 2.23. The van der Waals surface area contributed by atoms with Crippen LogP contribution in [-0.2, 0) is 4.79 Å². The molecule has 0 spiro atoms. The molecule has 1 heterocycles. The summed E-state index contributed by atoms with van der Waals surface area (Å²) >= 11 is 0. The first kappa shape index (κ1) is 16.8. The molecular formula is C16H21N3O4. The lowest BCUT2D eigenvalue weighted by atomic mass is 9.91. The quantitative estimate of drug-likeness (QED) is 0.786. The summed E-state index contributed by atoms with van der Waals surface area (Å²) < 4.78 is 0. The molecule has 0 radical (unpaired) electrons. The van der Waals surface area contributed by atoms with Gasteiger partial charge in [-0.25, -0.2) is 4.79 Å². The first-order chi connectivity index (χ1) is 10.8. The highest BCUT2D eigenvalue weighted by molar-refractivity contribution is 5.96. The van der Waals surface area contributed by atoms with E-state index in [0.29, 0.717) is 24.2 Å². The van der Waals surface area contributed by atoms with E-state index in [9.17, 15) is 19.5 Å². The third-order valence-corrected chi connectivity index (χ3v) is 4.06. The Morgan fingerprint density at radius 1 is 1.30 bits per heavy atom.